The number of sulfonamides is 1. The molecule has 2 aromatic rings. The Morgan fingerprint density at radius 2 is 1.65 bits per heavy atom. The Morgan fingerprint density at radius 1 is 1.02 bits per heavy atom. The molecule has 1 saturated heterocycles. The maximum atomic E-state index is 13.9. The summed E-state index contributed by atoms with van der Waals surface area (Å²) < 4.78 is 32.5. The lowest BCUT2D eigenvalue weighted by molar-refractivity contribution is -0.141. The van der Waals surface area contributed by atoms with Crippen LogP contribution in [0.15, 0.2) is 66.4 Å². The fourth-order valence-electron chi connectivity index (χ4n) is 5.96. The fourth-order valence-corrected chi connectivity index (χ4v) is 6.95. The van der Waals surface area contributed by atoms with Crippen LogP contribution in [0.2, 0.25) is 0 Å². The summed E-state index contributed by atoms with van der Waals surface area (Å²) in [4.78, 5) is 40.5. The van der Waals surface area contributed by atoms with E-state index in [-0.39, 0.29) is 30.3 Å². The zero-order valence-corrected chi connectivity index (χ0v) is 26.4. The van der Waals surface area contributed by atoms with Gasteiger partial charge >= 0.3 is 0 Å². The first kappa shape index (κ1) is 32.2. The number of hydrogen-bond acceptors (Lipinski definition) is 7. The number of fused-ring (bicyclic) bond motifs is 2. The number of benzene rings is 2. The monoisotopic (exact) mass is 610 g/mol. The quantitative estimate of drug-likeness (QED) is 0.375. The third-order valence-electron chi connectivity index (χ3n) is 8.12. The number of nitrogens with one attached hydrogen (secondary N) is 2. The van der Waals surface area contributed by atoms with Gasteiger partial charge in [-0.2, -0.15) is 0 Å². The molecule has 1 fully saturated rings. The van der Waals surface area contributed by atoms with E-state index in [1.165, 1.54) is 23.6 Å². The van der Waals surface area contributed by atoms with E-state index in [4.69, 9.17) is 4.74 Å². The molecule has 1 spiro atoms. The van der Waals surface area contributed by atoms with Crippen LogP contribution >= 0.6 is 0 Å². The molecule has 2 aromatic carbocycles. The van der Waals surface area contributed by atoms with Gasteiger partial charge in [-0.05, 0) is 63.8 Å². The van der Waals surface area contributed by atoms with Gasteiger partial charge in [-0.3, -0.25) is 18.7 Å². The van der Waals surface area contributed by atoms with E-state index in [1.807, 2.05) is 54.6 Å². The Morgan fingerprint density at radius 3 is 2.28 bits per heavy atom. The number of hydrogen-bond donors (Lipinski definition) is 2. The van der Waals surface area contributed by atoms with Gasteiger partial charge in [0.05, 0.1) is 25.2 Å². The van der Waals surface area contributed by atoms with Crippen molar-refractivity contribution in [3.8, 4) is 0 Å². The molecule has 232 valence electrons. The Labute approximate surface area is 254 Å². The average Bonchev–Trinajstić information content (AvgIpc) is 3.26. The molecule has 0 bridgehead atoms. The number of para-hydroxylation sites is 1. The van der Waals surface area contributed by atoms with Gasteiger partial charge in [0, 0.05) is 30.7 Å². The normalized spacial score (nSPS) is 17.4. The zero-order chi connectivity index (χ0) is 31.4. The minimum absolute atomic E-state index is 0.0237. The van der Waals surface area contributed by atoms with Crippen LogP contribution in [0.1, 0.15) is 51.7 Å². The van der Waals surface area contributed by atoms with Gasteiger partial charge in [-0.15, -0.1) is 0 Å². The minimum Gasteiger partial charge on any atom is -0.375 e. The zero-order valence-electron chi connectivity index (χ0n) is 25.6. The van der Waals surface area contributed by atoms with Crippen LogP contribution in [0.3, 0.4) is 0 Å². The third-order valence-corrected chi connectivity index (χ3v) is 9.25. The van der Waals surface area contributed by atoms with Crippen molar-refractivity contribution in [3.63, 3.8) is 0 Å². The van der Waals surface area contributed by atoms with E-state index in [2.05, 4.69) is 10.6 Å². The van der Waals surface area contributed by atoms with Crippen molar-refractivity contribution in [1.29, 1.82) is 0 Å². The SMILES string of the molecule is CC(=O)C=C(C)NC(C)(C)C(=O)NC(COCc1ccccc1)C(=O)N1CCC2(CC1)CN(S(C)(=O)=O)c1ccccc12. The van der Waals surface area contributed by atoms with Crippen LogP contribution in [-0.2, 0) is 41.2 Å². The fraction of sp³-hybridized carbons (Fsp3) is 0.469. The van der Waals surface area contributed by atoms with E-state index >= 15 is 0 Å². The van der Waals surface area contributed by atoms with Crippen LogP contribution < -0.4 is 14.9 Å². The molecule has 0 saturated carbocycles. The molecular formula is C32H42N4O6S. The van der Waals surface area contributed by atoms with Gasteiger partial charge in [0.15, 0.2) is 5.78 Å². The van der Waals surface area contributed by atoms with Crippen molar-refractivity contribution < 1.29 is 27.5 Å². The van der Waals surface area contributed by atoms with Crippen LogP contribution in [0.4, 0.5) is 5.69 Å². The highest BCUT2D eigenvalue weighted by molar-refractivity contribution is 7.92. The van der Waals surface area contributed by atoms with Crippen molar-refractivity contribution in [2.75, 3.05) is 36.8 Å². The first-order valence-corrected chi connectivity index (χ1v) is 16.3. The predicted molar refractivity (Wildman–Crippen MR) is 166 cm³/mol. The number of anilines is 1. The predicted octanol–water partition coefficient (Wildman–Crippen LogP) is 2.89. The molecule has 1 atom stereocenters. The van der Waals surface area contributed by atoms with Gasteiger partial charge in [0.1, 0.15) is 11.6 Å². The summed E-state index contributed by atoms with van der Waals surface area (Å²) in [5.74, 6) is -0.808. The smallest absolute Gasteiger partial charge is 0.247 e. The second kappa shape index (κ2) is 12.9. The lowest BCUT2D eigenvalue weighted by Gasteiger charge is -2.41. The Balaban J connectivity index is 1.48. The molecule has 0 radical (unpaired) electrons. The van der Waals surface area contributed by atoms with Crippen molar-refractivity contribution in [2.45, 2.75) is 64.1 Å². The number of nitrogens with zero attached hydrogens (tertiary/aromatic N) is 2. The second-order valence-electron chi connectivity index (χ2n) is 12.1. The molecule has 2 aliphatic heterocycles. The number of likely N-dealkylation sites (tertiary alicyclic amines) is 1. The molecule has 11 heteroatoms. The van der Waals surface area contributed by atoms with Crippen molar-refractivity contribution in [3.05, 3.63) is 77.5 Å². The van der Waals surface area contributed by atoms with Gasteiger partial charge in [-0.25, -0.2) is 8.42 Å². The van der Waals surface area contributed by atoms with E-state index in [9.17, 15) is 22.8 Å². The summed E-state index contributed by atoms with van der Waals surface area (Å²) in [6.07, 6.45) is 3.82. The first-order chi connectivity index (χ1) is 20.2. The molecule has 2 aliphatic rings. The molecule has 2 heterocycles. The molecule has 2 amide bonds. The van der Waals surface area contributed by atoms with Gasteiger partial charge in [0.25, 0.3) is 0 Å². The molecule has 43 heavy (non-hydrogen) atoms. The number of allylic oxidation sites excluding steroid dienone is 2. The van der Waals surface area contributed by atoms with Crippen molar-refractivity contribution >= 4 is 33.3 Å². The molecule has 0 aromatic heterocycles. The number of rotatable bonds is 11. The summed E-state index contributed by atoms with van der Waals surface area (Å²) in [6, 6.07) is 16.2. The number of ether oxygens (including phenoxy) is 1. The Hall–Kier alpha value is -3.70. The summed E-state index contributed by atoms with van der Waals surface area (Å²) in [5, 5.41) is 5.95. The van der Waals surface area contributed by atoms with Gasteiger partial charge in [0.2, 0.25) is 21.8 Å². The first-order valence-electron chi connectivity index (χ1n) is 14.5. The lowest BCUT2D eigenvalue weighted by atomic mass is 9.74. The lowest BCUT2D eigenvalue weighted by Crippen LogP contribution is -2.60. The summed E-state index contributed by atoms with van der Waals surface area (Å²) >= 11 is 0. The number of carbonyl (C=O) groups excluding carboxylic acids is 3. The molecule has 1 unspecified atom stereocenters. The highest BCUT2D eigenvalue weighted by Gasteiger charge is 2.48. The van der Waals surface area contributed by atoms with Gasteiger partial charge in [-0.1, -0.05) is 48.5 Å². The number of piperidine rings is 1. The number of amides is 2. The molecular weight excluding hydrogens is 568 g/mol. The standard InChI is InChI=1S/C32H42N4O6S/c1-23(19-24(2)37)34-31(3,4)30(39)33-27(21-42-20-25-11-7-6-8-12-25)29(38)35-17-15-32(16-18-35)22-36(43(5,40)41)28-14-10-9-13-26(28)32/h6-14,19,27,34H,15-18,20-22H2,1-5H3,(H,33,39). The molecule has 10 nitrogen and oxygen atoms in total. The van der Waals surface area contributed by atoms with E-state index in [0.717, 1.165) is 11.1 Å². The molecule has 4 rings (SSSR count). The third kappa shape index (κ3) is 7.64. The second-order valence-corrected chi connectivity index (χ2v) is 14.0. The number of ketones is 1. The minimum atomic E-state index is -3.45. The summed E-state index contributed by atoms with van der Waals surface area (Å²) in [5.41, 5.74) is 1.69. The Kier molecular flexibility index (Phi) is 9.66. The van der Waals surface area contributed by atoms with Crippen molar-refractivity contribution in [1.82, 2.24) is 15.5 Å². The van der Waals surface area contributed by atoms with E-state index < -0.39 is 27.5 Å². The van der Waals surface area contributed by atoms with Crippen LogP contribution in [0.25, 0.3) is 0 Å². The summed E-state index contributed by atoms with van der Waals surface area (Å²) in [7, 11) is -3.45. The Bertz CT molecular complexity index is 1480. The van der Waals surface area contributed by atoms with Crippen molar-refractivity contribution in [2.24, 2.45) is 0 Å². The highest BCUT2D eigenvalue weighted by atomic mass is 32.2. The van der Waals surface area contributed by atoms with Crippen LogP contribution in [0, 0.1) is 0 Å². The number of carbonyl (C=O) groups is 3. The maximum Gasteiger partial charge on any atom is 0.247 e. The highest BCUT2D eigenvalue weighted by Crippen LogP contribution is 2.47. The maximum absolute atomic E-state index is 13.9. The largest absolute Gasteiger partial charge is 0.375 e. The average molecular weight is 611 g/mol. The van der Waals surface area contributed by atoms with Gasteiger partial charge < -0.3 is 20.3 Å². The molecule has 2 N–H and O–H groups in total. The van der Waals surface area contributed by atoms with Crippen LogP contribution in [0.5, 0.6) is 0 Å². The summed E-state index contributed by atoms with van der Waals surface area (Å²) in [6.45, 7) is 7.94. The molecule has 0 aliphatic carbocycles. The van der Waals surface area contributed by atoms with E-state index in [1.54, 1.807) is 25.7 Å². The van der Waals surface area contributed by atoms with E-state index in [0.29, 0.717) is 43.9 Å². The van der Waals surface area contributed by atoms with Crippen LogP contribution in [-0.4, -0.2) is 75.0 Å². The topological polar surface area (TPSA) is 125 Å².